The molecule has 21 rings (SSSR count). The van der Waals surface area contributed by atoms with Crippen molar-refractivity contribution in [1.82, 2.24) is 0 Å². The highest BCUT2D eigenvalue weighted by Crippen LogP contribution is 2.52. The van der Waals surface area contributed by atoms with Crippen molar-refractivity contribution >= 4 is 171 Å². The zero-order valence-electron chi connectivity index (χ0n) is 60.5. The molecule has 0 aromatic heterocycles. The van der Waals surface area contributed by atoms with Gasteiger partial charge in [-0.05, 0) is 266 Å². The minimum atomic E-state index is 1.00. The van der Waals surface area contributed by atoms with Crippen molar-refractivity contribution in [3.63, 3.8) is 0 Å². The van der Waals surface area contributed by atoms with Gasteiger partial charge < -0.3 is 19.6 Å². The molecule has 0 bridgehead atoms. The van der Waals surface area contributed by atoms with Gasteiger partial charge in [0.1, 0.15) is 0 Å². The quantitative estimate of drug-likeness (QED) is 0.0795. The summed E-state index contributed by atoms with van der Waals surface area (Å²) in [6.07, 6.45) is 6.61. The molecule has 1 aliphatic rings. The van der Waals surface area contributed by atoms with Crippen LogP contribution in [-0.2, 0) is 6.42 Å². The molecule has 20 aromatic carbocycles. The molecule has 0 aliphatic heterocycles. The SMILES string of the molecule is C1=Cc2ccc(N(c3ccc(-c4c5ccc(N(c6ccccc6)c6cc7ccccc7c7ccccc67)cc5c(-c5ccc(N(c6ccc7ccccc7c6)c6ccc7ccccc7c6)cc5)c5ccc(N(c6ccccc6)c6cc7ccccc7c7ccccc67)cc45)cc3)c3ccc4ccccc4c3)cc2CC1. The van der Waals surface area contributed by atoms with E-state index in [2.05, 4.69) is 432 Å². The van der Waals surface area contributed by atoms with Gasteiger partial charge in [0.15, 0.2) is 0 Å². The number of para-hydroxylation sites is 2. The first-order valence-electron chi connectivity index (χ1n) is 38.2. The van der Waals surface area contributed by atoms with Crippen molar-refractivity contribution in [2.24, 2.45) is 0 Å². The molecule has 0 amide bonds. The summed E-state index contributed by atoms with van der Waals surface area (Å²) in [4.78, 5) is 9.83. The highest BCUT2D eigenvalue weighted by Gasteiger charge is 2.27. The van der Waals surface area contributed by atoms with E-state index in [1.54, 1.807) is 0 Å². The first-order chi connectivity index (χ1) is 54.5. The fourth-order valence-electron chi connectivity index (χ4n) is 17.5. The number of aryl methyl sites for hydroxylation is 1. The van der Waals surface area contributed by atoms with Gasteiger partial charge in [0.25, 0.3) is 0 Å². The normalized spacial score (nSPS) is 12.1. The van der Waals surface area contributed by atoms with Crippen LogP contribution in [-0.4, -0.2) is 0 Å². The number of allylic oxidation sites excluding steroid dienone is 1. The number of fused-ring (bicyclic) bond motifs is 12. The molecule has 4 heteroatoms. The summed E-state index contributed by atoms with van der Waals surface area (Å²) in [5, 5.41) is 21.3. The Balaban J connectivity index is 0.841. The summed E-state index contributed by atoms with van der Waals surface area (Å²) in [6.45, 7) is 0. The highest BCUT2D eigenvalue weighted by atomic mass is 15.2. The lowest BCUT2D eigenvalue weighted by Gasteiger charge is -2.30. The Morgan fingerprint density at radius 1 is 0.182 bits per heavy atom. The van der Waals surface area contributed by atoms with Gasteiger partial charge in [-0.1, -0.05) is 279 Å². The van der Waals surface area contributed by atoms with E-state index >= 15 is 0 Å². The fraction of sp³-hybridized carbons (Fsp3) is 0.0189. The molecule has 0 saturated heterocycles. The third-order valence-electron chi connectivity index (χ3n) is 22.7. The maximum atomic E-state index is 2.49. The molecule has 0 heterocycles. The number of benzene rings is 20. The summed E-state index contributed by atoms with van der Waals surface area (Å²) < 4.78 is 0. The highest BCUT2D eigenvalue weighted by molar-refractivity contribution is 6.24. The van der Waals surface area contributed by atoms with Crippen LogP contribution >= 0.6 is 0 Å². The van der Waals surface area contributed by atoms with Crippen molar-refractivity contribution < 1.29 is 0 Å². The summed E-state index contributed by atoms with van der Waals surface area (Å²) in [6, 6.07) is 149. The molecule has 0 spiro atoms. The van der Waals surface area contributed by atoms with E-state index in [4.69, 9.17) is 0 Å². The van der Waals surface area contributed by atoms with Crippen LogP contribution in [0.5, 0.6) is 0 Å². The van der Waals surface area contributed by atoms with Gasteiger partial charge in [0.2, 0.25) is 0 Å². The lowest BCUT2D eigenvalue weighted by molar-refractivity contribution is 0.984. The largest absolute Gasteiger partial charge is 0.310 e. The molecular formula is C106H72N4. The third kappa shape index (κ3) is 11.2. The predicted molar refractivity (Wildman–Crippen MR) is 471 cm³/mol. The molecular weight excluding hydrogens is 1330 g/mol. The Hall–Kier alpha value is -14.3. The van der Waals surface area contributed by atoms with E-state index in [-0.39, 0.29) is 0 Å². The van der Waals surface area contributed by atoms with Gasteiger partial charge in [-0.2, -0.15) is 0 Å². The molecule has 0 atom stereocenters. The summed E-state index contributed by atoms with van der Waals surface area (Å²) in [7, 11) is 0. The van der Waals surface area contributed by atoms with Crippen LogP contribution in [0.15, 0.2) is 406 Å². The maximum Gasteiger partial charge on any atom is 0.0546 e. The van der Waals surface area contributed by atoms with Crippen LogP contribution < -0.4 is 19.6 Å². The second-order valence-electron chi connectivity index (χ2n) is 29.1. The molecule has 0 fully saturated rings. The van der Waals surface area contributed by atoms with Crippen molar-refractivity contribution in [1.29, 1.82) is 0 Å². The number of rotatable bonds is 14. The average Bonchev–Trinajstić information content (AvgIpc) is 0.719. The number of anilines is 12. The Bertz CT molecular complexity index is 6970. The van der Waals surface area contributed by atoms with Crippen molar-refractivity contribution in [3.05, 3.63) is 418 Å². The standard InChI is InChI=1S/C106H72N4/c1-3-33-83(34-4-1)109(103-67-81-31-15-17-37-93(81)95-39-19-21-41-97(95)103)91-59-61-99-101(69-91)105(75-47-51-85(52-48-75)107(87-55-43-71-23-7-11-27-77(71)63-87)88-56-44-72-24-8-12-28-78(72)64-88)100-62-60-92(110(84-35-5-2-6-36-84)104-68-82-32-16-18-38-94(82)96-40-20-22-42-98(96)104)70-102(100)106(99)76-49-53-86(54-50-76)108(89-57-45-73-25-9-13-29-79(73)65-89)90-58-46-74-26-10-14-30-80(74)66-90/h1-13,15-29,31-70H,14,30H2. The molecule has 4 nitrogen and oxygen atoms in total. The molecule has 0 unspecified atom stereocenters. The van der Waals surface area contributed by atoms with Crippen LogP contribution in [0.1, 0.15) is 17.5 Å². The molecule has 1 aliphatic carbocycles. The number of hydrogen-bond donors (Lipinski definition) is 0. The predicted octanol–water partition coefficient (Wildman–Crippen LogP) is 30.2. The van der Waals surface area contributed by atoms with Crippen LogP contribution in [0.3, 0.4) is 0 Å². The summed E-state index contributed by atoms with van der Waals surface area (Å²) in [5.41, 5.74) is 20.1. The smallest absolute Gasteiger partial charge is 0.0546 e. The van der Waals surface area contributed by atoms with Crippen LogP contribution in [0.4, 0.5) is 68.2 Å². The Morgan fingerprint density at radius 2 is 0.500 bits per heavy atom. The maximum absolute atomic E-state index is 2.49. The monoisotopic (exact) mass is 1400 g/mol. The van der Waals surface area contributed by atoms with E-state index in [1.165, 1.54) is 86.5 Å². The Morgan fingerprint density at radius 3 is 0.927 bits per heavy atom. The number of hydrogen-bond acceptors (Lipinski definition) is 4. The summed E-state index contributed by atoms with van der Waals surface area (Å²) in [5.74, 6) is 0. The third-order valence-corrected chi connectivity index (χ3v) is 22.7. The van der Waals surface area contributed by atoms with E-state index in [1.807, 2.05) is 0 Å². The zero-order valence-corrected chi connectivity index (χ0v) is 60.5. The molecule has 110 heavy (non-hydrogen) atoms. The lowest BCUT2D eigenvalue weighted by atomic mass is 9.85. The van der Waals surface area contributed by atoms with E-state index in [9.17, 15) is 0 Å². The van der Waals surface area contributed by atoms with Gasteiger partial charge in [-0.3, -0.25) is 0 Å². The van der Waals surface area contributed by atoms with Crippen molar-refractivity contribution in [2.45, 2.75) is 12.8 Å². The number of nitrogens with zero attached hydrogens (tertiary/aromatic N) is 4. The first kappa shape index (κ1) is 64.1. The Kier molecular flexibility index (Phi) is 15.7. The second kappa shape index (κ2) is 26.9. The van der Waals surface area contributed by atoms with Gasteiger partial charge >= 0.3 is 0 Å². The van der Waals surface area contributed by atoms with Crippen molar-refractivity contribution in [2.75, 3.05) is 19.6 Å². The van der Waals surface area contributed by atoms with E-state index in [0.29, 0.717) is 0 Å². The Labute approximate surface area is 639 Å². The average molecular weight is 1400 g/mol. The van der Waals surface area contributed by atoms with Crippen LogP contribution in [0.25, 0.3) is 125 Å². The van der Waals surface area contributed by atoms with Crippen LogP contribution in [0.2, 0.25) is 0 Å². The topological polar surface area (TPSA) is 13.0 Å². The van der Waals surface area contributed by atoms with E-state index in [0.717, 1.165) is 125 Å². The van der Waals surface area contributed by atoms with Crippen LogP contribution in [0, 0.1) is 0 Å². The molecule has 0 N–H and O–H groups in total. The van der Waals surface area contributed by atoms with Gasteiger partial charge in [-0.15, -0.1) is 0 Å². The summed E-state index contributed by atoms with van der Waals surface area (Å²) >= 11 is 0. The molecule has 0 radical (unpaired) electrons. The van der Waals surface area contributed by atoms with Gasteiger partial charge in [0.05, 0.1) is 11.4 Å². The minimum Gasteiger partial charge on any atom is -0.310 e. The molecule has 20 aromatic rings. The fourth-order valence-corrected chi connectivity index (χ4v) is 17.5. The van der Waals surface area contributed by atoms with Gasteiger partial charge in [0, 0.05) is 67.6 Å². The first-order valence-corrected chi connectivity index (χ1v) is 38.2. The molecule has 516 valence electrons. The van der Waals surface area contributed by atoms with E-state index < -0.39 is 0 Å². The lowest BCUT2D eigenvalue weighted by Crippen LogP contribution is -2.11. The zero-order chi connectivity index (χ0) is 72.6. The second-order valence-corrected chi connectivity index (χ2v) is 29.1. The van der Waals surface area contributed by atoms with Crippen molar-refractivity contribution in [3.8, 4) is 22.3 Å². The van der Waals surface area contributed by atoms with Gasteiger partial charge in [-0.25, -0.2) is 0 Å². The minimum absolute atomic E-state index is 1.00. The molecule has 0 saturated carbocycles.